The number of likely N-dealkylation sites (tertiary alicyclic amines) is 1. The van der Waals surface area contributed by atoms with Gasteiger partial charge in [0.2, 0.25) is 17.6 Å². The van der Waals surface area contributed by atoms with E-state index in [4.69, 9.17) is 16.4 Å². The zero-order chi connectivity index (χ0) is 36.2. The average Bonchev–Trinajstić information content (AvgIpc) is 3.66. The molecule has 5 amide bonds. The molecule has 2 heterocycles. The minimum atomic E-state index is -1.15. The molecule has 1 aliphatic carbocycles. The van der Waals surface area contributed by atoms with Gasteiger partial charge in [-0.2, -0.15) is 0 Å². The Labute approximate surface area is 295 Å². The largest absolute Gasteiger partial charge is 0.347 e. The molecular formula is C36H44ClFN6O6. The van der Waals surface area contributed by atoms with Crippen LogP contribution in [0.15, 0.2) is 54.6 Å². The Bertz CT molecular complexity index is 1680. The lowest BCUT2D eigenvalue weighted by molar-refractivity contribution is -0.144. The van der Waals surface area contributed by atoms with Crippen molar-refractivity contribution in [2.24, 2.45) is 5.41 Å². The van der Waals surface area contributed by atoms with Crippen LogP contribution in [0.1, 0.15) is 70.9 Å². The van der Waals surface area contributed by atoms with Gasteiger partial charge in [-0.25, -0.2) is 9.18 Å². The summed E-state index contributed by atoms with van der Waals surface area (Å²) in [7, 11) is 0. The summed E-state index contributed by atoms with van der Waals surface area (Å²) in [6, 6.07) is 8.89. The van der Waals surface area contributed by atoms with Crippen molar-refractivity contribution in [3.8, 4) is 0 Å². The topological polar surface area (TPSA) is 158 Å². The molecule has 1 saturated carbocycles. The molecule has 2 aliphatic heterocycles. The molecular weight excluding hydrogens is 667 g/mol. The number of carbonyl (C=O) groups is 5. The zero-order valence-corrected chi connectivity index (χ0v) is 29.4. The predicted octanol–water partition coefficient (Wildman–Crippen LogP) is 3.74. The maximum absolute atomic E-state index is 14.5. The maximum Gasteiger partial charge on any atom is 0.315 e. The van der Waals surface area contributed by atoms with E-state index in [2.05, 4.69) is 26.7 Å². The lowest BCUT2D eigenvalue weighted by Crippen LogP contribution is -2.60. The predicted molar refractivity (Wildman–Crippen MR) is 185 cm³/mol. The maximum atomic E-state index is 14.5. The SMILES string of the molecule is CCC[C@H](NC(=O)[C@@H]1C[C@]2(C=C(c3cccc(Cl)c3)NO2)CN1C(=O)[C@@H](NC(=O)NCc1cccc(F)c1)C(C)(C)C)C(=O)C(=O)NC1CC1. The Kier molecular flexibility index (Phi) is 11.2. The molecule has 5 rings (SSSR count). The van der Waals surface area contributed by atoms with E-state index in [-0.39, 0.29) is 32.0 Å². The molecule has 268 valence electrons. The normalized spacial score (nSPS) is 21.1. The Morgan fingerprint density at radius 2 is 1.82 bits per heavy atom. The van der Waals surface area contributed by atoms with Gasteiger partial charge in [-0.3, -0.25) is 29.5 Å². The van der Waals surface area contributed by atoms with E-state index in [1.807, 2.05) is 13.0 Å². The van der Waals surface area contributed by atoms with E-state index < -0.39 is 64.5 Å². The number of rotatable bonds is 12. The molecule has 14 heteroatoms. The summed E-state index contributed by atoms with van der Waals surface area (Å²) in [6.45, 7) is 7.14. The van der Waals surface area contributed by atoms with Gasteiger partial charge in [0.1, 0.15) is 23.5 Å². The molecule has 12 nitrogen and oxygen atoms in total. The van der Waals surface area contributed by atoms with Crippen molar-refractivity contribution >= 4 is 46.8 Å². The monoisotopic (exact) mass is 710 g/mol. The van der Waals surface area contributed by atoms with Crippen molar-refractivity contribution in [3.63, 3.8) is 0 Å². The lowest BCUT2D eigenvalue weighted by Gasteiger charge is -2.35. The van der Waals surface area contributed by atoms with Crippen molar-refractivity contribution in [1.29, 1.82) is 0 Å². The molecule has 2 fully saturated rings. The Morgan fingerprint density at radius 3 is 2.48 bits per heavy atom. The van der Waals surface area contributed by atoms with Gasteiger partial charge in [-0.1, -0.05) is 70.0 Å². The number of amides is 5. The number of ketones is 1. The fourth-order valence-electron chi connectivity index (χ4n) is 6.12. The first-order valence-electron chi connectivity index (χ1n) is 16.8. The molecule has 1 saturated heterocycles. The van der Waals surface area contributed by atoms with Gasteiger partial charge in [0.25, 0.3) is 5.91 Å². The third-order valence-corrected chi connectivity index (χ3v) is 9.16. The summed E-state index contributed by atoms with van der Waals surface area (Å²) in [5.74, 6) is -3.11. The average molecular weight is 711 g/mol. The van der Waals surface area contributed by atoms with Crippen LogP contribution in [0, 0.1) is 11.2 Å². The number of hydrogen-bond acceptors (Lipinski definition) is 7. The summed E-state index contributed by atoms with van der Waals surface area (Å²) < 4.78 is 13.7. The number of halogens is 2. The summed E-state index contributed by atoms with van der Waals surface area (Å²) in [4.78, 5) is 74.9. The molecule has 2 aromatic carbocycles. The first-order valence-corrected chi connectivity index (χ1v) is 17.2. The third-order valence-electron chi connectivity index (χ3n) is 8.92. The van der Waals surface area contributed by atoms with Crippen LogP contribution in [-0.4, -0.2) is 70.7 Å². The van der Waals surface area contributed by atoms with Crippen LogP contribution in [-0.2, 0) is 30.6 Å². The fourth-order valence-corrected chi connectivity index (χ4v) is 6.31. The molecule has 5 N–H and O–H groups in total. The van der Waals surface area contributed by atoms with Gasteiger partial charge >= 0.3 is 6.03 Å². The number of benzene rings is 2. The Hall–Kier alpha value is -4.49. The van der Waals surface area contributed by atoms with Crippen molar-refractivity contribution in [2.75, 3.05) is 6.54 Å². The first kappa shape index (κ1) is 36.8. The molecule has 0 unspecified atom stereocenters. The van der Waals surface area contributed by atoms with Crippen molar-refractivity contribution in [3.05, 3.63) is 76.6 Å². The Morgan fingerprint density at radius 1 is 1.08 bits per heavy atom. The van der Waals surface area contributed by atoms with Crippen molar-refractivity contribution in [1.82, 2.24) is 31.6 Å². The summed E-state index contributed by atoms with van der Waals surface area (Å²) in [6.07, 6.45) is 4.17. The minimum Gasteiger partial charge on any atom is -0.347 e. The van der Waals surface area contributed by atoms with E-state index in [9.17, 15) is 28.4 Å². The second kappa shape index (κ2) is 15.2. The summed E-state index contributed by atoms with van der Waals surface area (Å²) in [5, 5.41) is 11.4. The van der Waals surface area contributed by atoms with Crippen LogP contribution < -0.4 is 26.7 Å². The Balaban J connectivity index is 1.40. The van der Waals surface area contributed by atoms with Crippen LogP contribution in [0.4, 0.5) is 9.18 Å². The quantitative estimate of drug-likeness (QED) is 0.210. The lowest BCUT2D eigenvalue weighted by atomic mass is 9.85. The highest BCUT2D eigenvalue weighted by atomic mass is 35.5. The van der Waals surface area contributed by atoms with Gasteiger partial charge in [0, 0.05) is 29.6 Å². The van der Waals surface area contributed by atoms with Gasteiger partial charge in [0.15, 0.2) is 0 Å². The molecule has 0 bridgehead atoms. The second-order valence-electron chi connectivity index (χ2n) is 14.2. The van der Waals surface area contributed by atoms with E-state index in [1.165, 1.54) is 23.1 Å². The number of nitrogens with zero attached hydrogens (tertiary/aromatic N) is 1. The highest BCUT2D eigenvalue weighted by Crippen LogP contribution is 2.39. The molecule has 0 aromatic heterocycles. The number of Topliss-reactive ketones (excluding diaryl/α,β-unsaturated/α-hetero) is 1. The zero-order valence-electron chi connectivity index (χ0n) is 28.6. The first-order chi connectivity index (χ1) is 23.7. The molecule has 4 atom stereocenters. The summed E-state index contributed by atoms with van der Waals surface area (Å²) >= 11 is 6.23. The van der Waals surface area contributed by atoms with Crippen LogP contribution >= 0.6 is 11.6 Å². The minimum absolute atomic E-state index is 0.0181. The second-order valence-corrected chi connectivity index (χ2v) is 14.7. The molecule has 0 radical (unpaired) electrons. The molecule has 50 heavy (non-hydrogen) atoms. The van der Waals surface area contributed by atoms with E-state index in [1.54, 1.807) is 51.1 Å². The highest BCUT2D eigenvalue weighted by molar-refractivity contribution is 6.38. The number of carbonyl (C=O) groups excluding carboxylic acids is 5. The van der Waals surface area contributed by atoms with Crippen LogP contribution in [0.5, 0.6) is 0 Å². The summed E-state index contributed by atoms with van der Waals surface area (Å²) in [5.41, 5.74) is 2.82. The van der Waals surface area contributed by atoms with E-state index >= 15 is 0 Å². The van der Waals surface area contributed by atoms with Gasteiger partial charge in [0.05, 0.1) is 18.3 Å². The molecule has 1 spiro atoms. The number of hydroxylamine groups is 1. The van der Waals surface area contributed by atoms with Gasteiger partial charge in [-0.15, -0.1) is 0 Å². The third kappa shape index (κ3) is 8.99. The van der Waals surface area contributed by atoms with E-state index in [0.717, 1.165) is 18.4 Å². The van der Waals surface area contributed by atoms with Crippen LogP contribution in [0.2, 0.25) is 5.02 Å². The van der Waals surface area contributed by atoms with Gasteiger partial charge in [-0.05, 0) is 60.6 Å². The molecule has 2 aromatic rings. The van der Waals surface area contributed by atoms with Crippen molar-refractivity contribution in [2.45, 2.75) is 96.1 Å². The van der Waals surface area contributed by atoms with E-state index in [0.29, 0.717) is 22.7 Å². The van der Waals surface area contributed by atoms with Crippen molar-refractivity contribution < 1.29 is 33.2 Å². The van der Waals surface area contributed by atoms with Crippen LogP contribution in [0.25, 0.3) is 5.70 Å². The highest BCUT2D eigenvalue weighted by Gasteiger charge is 2.54. The molecule has 3 aliphatic rings. The smallest absolute Gasteiger partial charge is 0.315 e. The fraction of sp³-hybridized carbons (Fsp3) is 0.472. The number of nitrogens with one attached hydrogen (secondary N) is 5. The number of urea groups is 1. The van der Waals surface area contributed by atoms with Gasteiger partial charge < -0.3 is 26.2 Å². The standard InChI is InChI=1S/C36H44ClFN6O6/c1-5-8-26(29(45)32(47)40-25-13-14-25)41-31(46)28-18-36(17-27(43-50-36)22-10-7-11-23(37)16-22)20-44(28)33(48)30(35(2,3)4)42-34(49)39-19-21-9-6-12-24(38)15-21/h6-7,9-12,15-17,25-26,28,30,43H,5,8,13-14,18-20H2,1-4H3,(H,40,47)(H,41,46)(H2,39,42,49)/t26-,28-,30+,36+/m0/s1. The number of hydrogen-bond donors (Lipinski definition) is 5. The van der Waals surface area contributed by atoms with Crippen LogP contribution in [0.3, 0.4) is 0 Å².